The van der Waals surface area contributed by atoms with Crippen molar-refractivity contribution in [2.24, 2.45) is 0 Å². The average molecular weight is 298 g/mol. The van der Waals surface area contributed by atoms with E-state index in [0.29, 0.717) is 6.54 Å². The number of fused-ring (bicyclic) bond motifs is 1. The monoisotopic (exact) mass is 298 g/mol. The number of benzene rings is 2. The van der Waals surface area contributed by atoms with E-state index >= 15 is 0 Å². The highest BCUT2D eigenvalue weighted by Gasteiger charge is 2.13. The number of para-hydroxylation sites is 1. The second-order valence-electron chi connectivity index (χ2n) is 5.12. The van der Waals surface area contributed by atoms with E-state index in [2.05, 4.69) is 10.3 Å². The van der Waals surface area contributed by atoms with Gasteiger partial charge in [0.2, 0.25) is 5.91 Å². The van der Waals surface area contributed by atoms with Gasteiger partial charge in [-0.15, -0.1) is 5.10 Å². The zero-order chi connectivity index (χ0) is 15.5. The largest absolute Gasteiger partial charge is 0.340 e. The van der Waals surface area contributed by atoms with Crippen LogP contribution in [-0.2, 0) is 17.9 Å². The molecule has 6 heteroatoms. The van der Waals surface area contributed by atoms with Crippen LogP contribution in [0.5, 0.6) is 0 Å². The van der Waals surface area contributed by atoms with Crippen molar-refractivity contribution in [2.75, 3.05) is 7.05 Å². The Morgan fingerprint density at radius 1 is 1.23 bits per heavy atom. The Labute approximate surface area is 127 Å². The van der Waals surface area contributed by atoms with Crippen LogP contribution in [0.1, 0.15) is 5.56 Å². The van der Waals surface area contributed by atoms with Crippen molar-refractivity contribution in [3.8, 4) is 0 Å². The molecule has 5 nitrogen and oxygen atoms in total. The van der Waals surface area contributed by atoms with Gasteiger partial charge in [-0.25, -0.2) is 9.07 Å². The number of likely N-dealkylation sites (N-methyl/N-ethyl adjacent to an activating group) is 1. The van der Waals surface area contributed by atoms with Gasteiger partial charge in [-0.2, -0.15) is 0 Å². The third-order valence-corrected chi connectivity index (χ3v) is 3.44. The van der Waals surface area contributed by atoms with E-state index in [1.54, 1.807) is 28.8 Å². The zero-order valence-corrected chi connectivity index (χ0v) is 12.1. The predicted molar refractivity (Wildman–Crippen MR) is 80.4 cm³/mol. The predicted octanol–water partition coefficient (Wildman–Crippen LogP) is 2.23. The van der Waals surface area contributed by atoms with E-state index in [4.69, 9.17) is 0 Å². The average Bonchev–Trinajstić information content (AvgIpc) is 2.90. The molecule has 0 aliphatic rings. The first-order valence-corrected chi connectivity index (χ1v) is 6.90. The van der Waals surface area contributed by atoms with Gasteiger partial charge in [-0.05, 0) is 29.8 Å². The summed E-state index contributed by atoms with van der Waals surface area (Å²) in [6.07, 6.45) is 0. The summed E-state index contributed by atoms with van der Waals surface area (Å²) >= 11 is 0. The summed E-state index contributed by atoms with van der Waals surface area (Å²) in [5.41, 5.74) is 2.32. The maximum Gasteiger partial charge on any atom is 0.244 e. The van der Waals surface area contributed by atoms with Crippen LogP contribution >= 0.6 is 0 Å². The third kappa shape index (κ3) is 2.95. The smallest absolute Gasteiger partial charge is 0.244 e. The molecule has 0 saturated heterocycles. The van der Waals surface area contributed by atoms with Gasteiger partial charge < -0.3 is 4.90 Å². The molecule has 0 unspecified atom stereocenters. The van der Waals surface area contributed by atoms with Crippen LogP contribution < -0.4 is 0 Å². The molecule has 112 valence electrons. The lowest BCUT2D eigenvalue weighted by molar-refractivity contribution is -0.131. The minimum Gasteiger partial charge on any atom is -0.340 e. The maximum absolute atomic E-state index is 13.2. The van der Waals surface area contributed by atoms with Crippen molar-refractivity contribution >= 4 is 16.9 Å². The lowest BCUT2D eigenvalue weighted by Gasteiger charge is -2.17. The summed E-state index contributed by atoms with van der Waals surface area (Å²) in [6.45, 7) is 0.454. The first kappa shape index (κ1) is 14.2. The van der Waals surface area contributed by atoms with E-state index in [0.717, 1.165) is 16.6 Å². The maximum atomic E-state index is 13.2. The second-order valence-corrected chi connectivity index (χ2v) is 5.12. The number of carbonyl (C=O) groups is 1. The van der Waals surface area contributed by atoms with Crippen molar-refractivity contribution in [1.29, 1.82) is 0 Å². The summed E-state index contributed by atoms with van der Waals surface area (Å²) in [4.78, 5) is 13.8. The topological polar surface area (TPSA) is 51.0 Å². The Kier molecular flexibility index (Phi) is 3.82. The summed E-state index contributed by atoms with van der Waals surface area (Å²) in [6, 6.07) is 13.7. The lowest BCUT2D eigenvalue weighted by Crippen LogP contribution is -2.30. The van der Waals surface area contributed by atoms with Gasteiger partial charge in [0, 0.05) is 13.6 Å². The Hall–Kier alpha value is -2.76. The van der Waals surface area contributed by atoms with Crippen LogP contribution in [0.4, 0.5) is 4.39 Å². The number of aromatic nitrogens is 3. The highest BCUT2D eigenvalue weighted by Crippen LogP contribution is 2.11. The Balaban J connectivity index is 1.71. The first-order valence-electron chi connectivity index (χ1n) is 6.90. The normalized spacial score (nSPS) is 10.8. The number of halogens is 1. The van der Waals surface area contributed by atoms with Gasteiger partial charge in [0.15, 0.2) is 0 Å². The van der Waals surface area contributed by atoms with Crippen molar-refractivity contribution in [3.05, 3.63) is 59.9 Å². The van der Waals surface area contributed by atoms with E-state index < -0.39 is 0 Å². The molecule has 0 atom stereocenters. The molecule has 3 aromatic rings. The molecule has 0 N–H and O–H groups in total. The Morgan fingerprint density at radius 3 is 2.86 bits per heavy atom. The third-order valence-electron chi connectivity index (χ3n) is 3.44. The van der Waals surface area contributed by atoms with Gasteiger partial charge in [0.05, 0.1) is 5.52 Å². The molecule has 0 saturated carbocycles. The molecule has 0 aliphatic heterocycles. The zero-order valence-electron chi connectivity index (χ0n) is 12.1. The summed E-state index contributed by atoms with van der Waals surface area (Å²) < 4.78 is 14.7. The number of rotatable bonds is 4. The van der Waals surface area contributed by atoms with Gasteiger partial charge in [0.1, 0.15) is 17.9 Å². The highest BCUT2D eigenvalue weighted by atomic mass is 19.1. The number of hydrogen-bond donors (Lipinski definition) is 0. The van der Waals surface area contributed by atoms with Crippen LogP contribution in [0.15, 0.2) is 48.5 Å². The fourth-order valence-electron chi connectivity index (χ4n) is 2.28. The van der Waals surface area contributed by atoms with Gasteiger partial charge >= 0.3 is 0 Å². The minimum absolute atomic E-state index is 0.104. The van der Waals surface area contributed by atoms with Crippen LogP contribution in [0.2, 0.25) is 0 Å². The van der Waals surface area contributed by atoms with Crippen molar-refractivity contribution in [2.45, 2.75) is 13.1 Å². The summed E-state index contributed by atoms with van der Waals surface area (Å²) in [5, 5.41) is 8.02. The van der Waals surface area contributed by atoms with E-state index in [-0.39, 0.29) is 18.3 Å². The van der Waals surface area contributed by atoms with Crippen LogP contribution in [0, 0.1) is 5.82 Å². The fourth-order valence-corrected chi connectivity index (χ4v) is 2.28. The summed E-state index contributed by atoms with van der Waals surface area (Å²) in [7, 11) is 1.69. The lowest BCUT2D eigenvalue weighted by atomic mass is 10.2. The number of nitrogens with zero attached hydrogens (tertiary/aromatic N) is 4. The fraction of sp³-hybridized carbons (Fsp3) is 0.188. The van der Waals surface area contributed by atoms with Crippen LogP contribution in [0.25, 0.3) is 11.0 Å². The number of carbonyl (C=O) groups excluding carboxylic acids is 1. The minimum atomic E-state index is -0.305. The van der Waals surface area contributed by atoms with Crippen LogP contribution in [-0.4, -0.2) is 32.8 Å². The molecular weight excluding hydrogens is 283 g/mol. The molecular formula is C16H15FN4O. The number of amides is 1. The Morgan fingerprint density at radius 2 is 2.05 bits per heavy atom. The van der Waals surface area contributed by atoms with E-state index in [9.17, 15) is 9.18 Å². The molecule has 22 heavy (non-hydrogen) atoms. The first-order chi connectivity index (χ1) is 10.6. The van der Waals surface area contributed by atoms with Gasteiger partial charge in [-0.1, -0.05) is 29.5 Å². The molecule has 0 fully saturated rings. The molecule has 2 aromatic carbocycles. The SMILES string of the molecule is CN(Cc1cccc(F)c1)C(=O)Cn1nnc2ccccc21. The number of hydrogen-bond acceptors (Lipinski definition) is 3. The standard InChI is InChI=1S/C16H15FN4O/c1-20(10-12-5-4-6-13(17)9-12)16(22)11-21-15-8-3-2-7-14(15)18-19-21/h2-9H,10-11H2,1H3. The van der Waals surface area contributed by atoms with E-state index in [1.165, 1.54) is 12.1 Å². The summed E-state index contributed by atoms with van der Waals surface area (Å²) in [5.74, 6) is -0.416. The van der Waals surface area contributed by atoms with Crippen LogP contribution in [0.3, 0.4) is 0 Å². The molecule has 1 aromatic heterocycles. The van der Waals surface area contributed by atoms with E-state index in [1.807, 2.05) is 24.3 Å². The van der Waals surface area contributed by atoms with Gasteiger partial charge in [-0.3, -0.25) is 4.79 Å². The molecule has 0 radical (unpaired) electrons. The molecule has 0 spiro atoms. The molecule has 1 heterocycles. The quantitative estimate of drug-likeness (QED) is 0.742. The Bertz CT molecular complexity index is 815. The second kappa shape index (κ2) is 5.93. The van der Waals surface area contributed by atoms with Gasteiger partial charge in [0.25, 0.3) is 0 Å². The van der Waals surface area contributed by atoms with Crippen molar-refractivity contribution in [3.63, 3.8) is 0 Å². The van der Waals surface area contributed by atoms with Crippen molar-refractivity contribution in [1.82, 2.24) is 19.9 Å². The van der Waals surface area contributed by atoms with Crippen molar-refractivity contribution < 1.29 is 9.18 Å². The molecule has 1 amide bonds. The molecule has 0 bridgehead atoms. The highest BCUT2D eigenvalue weighted by molar-refractivity contribution is 5.79. The molecule has 3 rings (SSSR count). The molecule has 0 aliphatic carbocycles.